The van der Waals surface area contributed by atoms with Crippen molar-refractivity contribution >= 4 is 19.2 Å². The van der Waals surface area contributed by atoms with Crippen molar-refractivity contribution in [2.75, 3.05) is 48.8 Å². The van der Waals surface area contributed by atoms with Crippen LogP contribution in [0.15, 0.2) is 54.6 Å². The Labute approximate surface area is 235 Å². The van der Waals surface area contributed by atoms with Gasteiger partial charge in [0.1, 0.15) is 34.5 Å². The zero-order valence-electron chi connectivity index (χ0n) is 23.8. The fraction of sp³-hybridized carbons (Fsp3) is 0.333. The smallest absolute Gasteiger partial charge is 0.497 e. The summed E-state index contributed by atoms with van der Waals surface area (Å²) in [6, 6.07) is 16.9. The molecule has 1 unspecified atom stereocenters. The first kappa shape index (κ1) is 29.3. The Bertz CT molecular complexity index is 1380. The van der Waals surface area contributed by atoms with E-state index in [0.29, 0.717) is 45.6 Å². The third kappa shape index (κ3) is 5.77. The highest BCUT2D eigenvalue weighted by Gasteiger charge is 2.42. The van der Waals surface area contributed by atoms with Crippen molar-refractivity contribution in [3.63, 3.8) is 0 Å². The Morgan fingerprint density at radius 1 is 0.675 bits per heavy atom. The number of hydrogen-bond acceptors (Lipinski definition) is 9. The summed E-state index contributed by atoms with van der Waals surface area (Å²) in [7, 11) is 3.93. The number of rotatable bonds is 13. The Hall–Kier alpha value is -3.65. The third-order valence-corrected chi connectivity index (χ3v) is 8.08. The van der Waals surface area contributed by atoms with Gasteiger partial charge in [-0.15, -0.1) is 0 Å². The van der Waals surface area contributed by atoms with Gasteiger partial charge in [-0.1, -0.05) is 12.1 Å². The molecular formula is C30H35O9P. The van der Waals surface area contributed by atoms with Gasteiger partial charge >= 0.3 is 7.82 Å². The van der Waals surface area contributed by atoms with Gasteiger partial charge in [-0.2, -0.15) is 0 Å². The number of phosphoric ester groups is 1. The summed E-state index contributed by atoms with van der Waals surface area (Å²) in [5, 5.41) is 0. The van der Waals surface area contributed by atoms with Crippen LogP contribution in [0.3, 0.4) is 0 Å². The number of phosphoric acid groups is 1. The molecule has 4 rings (SSSR count). The number of methoxy groups -OCH3 is 5. The maximum Gasteiger partial charge on any atom is 0.530 e. The molecule has 3 aromatic rings. The van der Waals surface area contributed by atoms with Crippen LogP contribution in [0.1, 0.15) is 42.0 Å². The molecule has 40 heavy (non-hydrogen) atoms. The topological polar surface area (TPSA) is 90.9 Å². The lowest BCUT2D eigenvalue weighted by molar-refractivity contribution is 0.159. The molecule has 1 atom stereocenters. The molecule has 1 aliphatic carbocycles. The number of ether oxygens (including phenoxy) is 5. The maximum atomic E-state index is 13.8. The molecule has 10 heteroatoms. The number of benzene rings is 3. The maximum absolute atomic E-state index is 13.8. The van der Waals surface area contributed by atoms with Crippen molar-refractivity contribution in [2.24, 2.45) is 0 Å². The van der Waals surface area contributed by atoms with Crippen molar-refractivity contribution in [3.05, 3.63) is 76.9 Å². The number of hydrogen-bond donors (Lipinski definition) is 0. The predicted octanol–water partition coefficient (Wildman–Crippen LogP) is 6.94. The fourth-order valence-electron chi connectivity index (χ4n) is 4.80. The molecule has 0 saturated heterocycles. The predicted molar refractivity (Wildman–Crippen MR) is 153 cm³/mol. The van der Waals surface area contributed by atoms with Gasteiger partial charge in [0, 0.05) is 34.8 Å². The lowest BCUT2D eigenvalue weighted by Crippen LogP contribution is -2.05. The van der Waals surface area contributed by atoms with Gasteiger partial charge in [0.15, 0.2) is 0 Å². The molecule has 214 valence electrons. The van der Waals surface area contributed by atoms with Crippen LogP contribution >= 0.6 is 7.82 Å². The highest BCUT2D eigenvalue weighted by molar-refractivity contribution is 7.48. The van der Waals surface area contributed by atoms with Crippen LogP contribution in [0.2, 0.25) is 0 Å². The number of fused-ring (bicyclic) bond motifs is 1. The van der Waals surface area contributed by atoms with E-state index in [-0.39, 0.29) is 13.2 Å². The first-order valence-electron chi connectivity index (χ1n) is 12.8. The van der Waals surface area contributed by atoms with E-state index < -0.39 is 13.7 Å². The molecule has 0 radical (unpaired) electrons. The SMILES string of the molecule is CCOP(=O)(OCC)OC1=C(c2cc(OC)cc(OC)c2)C(c2ccc(OC)cc2)c2c(OC)cc(OC)cc21. The second-order valence-electron chi connectivity index (χ2n) is 8.72. The average Bonchev–Trinajstić information content (AvgIpc) is 3.29. The van der Waals surface area contributed by atoms with Gasteiger partial charge < -0.3 is 28.2 Å². The molecular weight excluding hydrogens is 535 g/mol. The molecule has 0 aliphatic heterocycles. The summed E-state index contributed by atoms with van der Waals surface area (Å²) >= 11 is 0. The van der Waals surface area contributed by atoms with E-state index >= 15 is 0 Å². The van der Waals surface area contributed by atoms with E-state index in [2.05, 4.69) is 0 Å². The summed E-state index contributed by atoms with van der Waals surface area (Å²) in [6.45, 7) is 3.71. The van der Waals surface area contributed by atoms with E-state index in [9.17, 15) is 4.57 Å². The summed E-state index contributed by atoms with van der Waals surface area (Å²) in [5.41, 5.74) is 3.78. The molecule has 0 amide bonds. The van der Waals surface area contributed by atoms with Crippen molar-refractivity contribution in [3.8, 4) is 28.7 Å². The molecule has 0 N–H and O–H groups in total. The minimum absolute atomic E-state index is 0.128. The Balaban J connectivity index is 2.11. The van der Waals surface area contributed by atoms with E-state index in [1.54, 1.807) is 55.5 Å². The summed E-state index contributed by atoms with van der Waals surface area (Å²) in [4.78, 5) is 0. The van der Waals surface area contributed by atoms with E-state index in [1.165, 1.54) is 0 Å². The van der Waals surface area contributed by atoms with Crippen molar-refractivity contribution in [1.82, 2.24) is 0 Å². The molecule has 0 spiro atoms. The zero-order valence-corrected chi connectivity index (χ0v) is 24.7. The molecule has 0 fully saturated rings. The van der Waals surface area contributed by atoms with Crippen LogP contribution in [-0.2, 0) is 18.1 Å². The van der Waals surface area contributed by atoms with Crippen LogP contribution in [0.25, 0.3) is 11.3 Å². The standard InChI is InChI=1S/C30H35O9P/c1-8-37-40(31,38-9-2)39-30-25-17-24(35-6)18-26(36-7)29(25)27(19-10-12-21(32-3)13-11-19)28(30)20-14-22(33-4)16-23(15-20)34-5/h10-18,27H,8-9H2,1-7H3. The van der Waals surface area contributed by atoms with Crippen LogP contribution in [0, 0.1) is 0 Å². The molecule has 1 aliphatic rings. The van der Waals surface area contributed by atoms with Crippen LogP contribution in [-0.4, -0.2) is 48.8 Å². The van der Waals surface area contributed by atoms with Crippen LogP contribution < -0.4 is 23.7 Å². The average molecular weight is 571 g/mol. The van der Waals surface area contributed by atoms with E-state index in [0.717, 1.165) is 16.7 Å². The fourth-order valence-corrected chi connectivity index (χ4v) is 6.03. The van der Waals surface area contributed by atoms with Gasteiger partial charge in [0.2, 0.25) is 0 Å². The van der Waals surface area contributed by atoms with Gasteiger partial charge in [0.05, 0.1) is 48.8 Å². The molecule has 9 nitrogen and oxygen atoms in total. The largest absolute Gasteiger partial charge is 0.530 e. The molecule has 0 aromatic heterocycles. The minimum atomic E-state index is -4.02. The Morgan fingerprint density at radius 2 is 1.23 bits per heavy atom. The minimum Gasteiger partial charge on any atom is -0.497 e. The second kappa shape index (κ2) is 12.7. The highest BCUT2D eigenvalue weighted by Crippen LogP contribution is 2.61. The first-order chi connectivity index (χ1) is 19.3. The Morgan fingerprint density at radius 3 is 1.73 bits per heavy atom. The van der Waals surface area contributed by atoms with Crippen LogP contribution in [0.5, 0.6) is 28.7 Å². The van der Waals surface area contributed by atoms with Crippen molar-refractivity contribution in [1.29, 1.82) is 0 Å². The lowest BCUT2D eigenvalue weighted by Gasteiger charge is -2.22. The normalized spacial score (nSPS) is 14.5. The van der Waals surface area contributed by atoms with Gasteiger partial charge in [0.25, 0.3) is 0 Å². The van der Waals surface area contributed by atoms with Gasteiger partial charge in [-0.05, 0) is 55.3 Å². The third-order valence-electron chi connectivity index (χ3n) is 6.53. The van der Waals surface area contributed by atoms with Crippen LogP contribution in [0.4, 0.5) is 0 Å². The monoisotopic (exact) mass is 570 g/mol. The molecule has 0 heterocycles. The molecule has 0 saturated carbocycles. The summed E-state index contributed by atoms with van der Waals surface area (Å²) in [6.07, 6.45) is 0. The van der Waals surface area contributed by atoms with Gasteiger partial charge in [-0.3, -0.25) is 9.05 Å². The molecule has 0 bridgehead atoms. The number of allylic oxidation sites excluding steroid dienone is 1. The highest BCUT2D eigenvalue weighted by atomic mass is 31.2. The summed E-state index contributed by atoms with van der Waals surface area (Å²) < 4.78 is 59.3. The molecule has 3 aromatic carbocycles. The van der Waals surface area contributed by atoms with E-state index in [4.69, 9.17) is 37.3 Å². The van der Waals surface area contributed by atoms with Crippen molar-refractivity contribution < 1.29 is 41.8 Å². The summed E-state index contributed by atoms with van der Waals surface area (Å²) in [5.74, 6) is 2.88. The quantitative estimate of drug-likeness (QED) is 0.203. The zero-order chi connectivity index (χ0) is 28.9. The second-order valence-corrected chi connectivity index (χ2v) is 10.3. The van der Waals surface area contributed by atoms with E-state index in [1.807, 2.05) is 48.5 Å². The Kier molecular flexibility index (Phi) is 9.30. The van der Waals surface area contributed by atoms with Gasteiger partial charge in [-0.25, -0.2) is 4.57 Å². The first-order valence-corrected chi connectivity index (χ1v) is 14.3. The van der Waals surface area contributed by atoms with Crippen molar-refractivity contribution in [2.45, 2.75) is 19.8 Å². The lowest BCUT2D eigenvalue weighted by atomic mass is 9.84.